The summed E-state index contributed by atoms with van der Waals surface area (Å²) in [6.45, 7) is 5.31. The lowest BCUT2D eigenvalue weighted by Crippen LogP contribution is -2.45. The van der Waals surface area contributed by atoms with Crippen molar-refractivity contribution in [2.45, 2.75) is 31.8 Å². The summed E-state index contributed by atoms with van der Waals surface area (Å²) in [6.07, 6.45) is -2.51. The van der Waals surface area contributed by atoms with E-state index >= 15 is 0 Å². The Kier molecular flexibility index (Phi) is 7.94. The third kappa shape index (κ3) is 6.75. The highest BCUT2D eigenvalue weighted by Gasteiger charge is 2.30. The number of piperazine rings is 1. The molecule has 0 radical (unpaired) electrons. The molecule has 1 fully saturated rings. The van der Waals surface area contributed by atoms with E-state index in [4.69, 9.17) is 9.47 Å². The van der Waals surface area contributed by atoms with E-state index in [0.29, 0.717) is 19.6 Å². The monoisotopic (exact) mass is 593 g/mol. The molecule has 12 heteroatoms. The maximum Gasteiger partial charge on any atom is 0.416 e. The number of nitro groups is 1. The summed E-state index contributed by atoms with van der Waals surface area (Å²) in [6, 6.07) is 21.4. The van der Waals surface area contributed by atoms with Gasteiger partial charge in [0.15, 0.2) is 0 Å². The van der Waals surface area contributed by atoms with Gasteiger partial charge < -0.3 is 24.5 Å². The summed E-state index contributed by atoms with van der Waals surface area (Å²) in [5.41, 5.74) is 3.28. The second-order valence-corrected chi connectivity index (χ2v) is 10.7. The Bertz CT molecular complexity index is 1550. The van der Waals surface area contributed by atoms with Crippen LogP contribution < -0.4 is 14.4 Å². The second kappa shape index (κ2) is 12.0. The molecule has 3 heterocycles. The number of hydrogen-bond acceptors (Lipinski definition) is 7. The van der Waals surface area contributed by atoms with Crippen molar-refractivity contribution in [3.63, 3.8) is 0 Å². The number of nitrogens with zero attached hydrogens (tertiary/aromatic N) is 5. The van der Waals surface area contributed by atoms with Crippen molar-refractivity contribution in [3.8, 4) is 22.9 Å². The number of benzene rings is 3. The van der Waals surface area contributed by atoms with Gasteiger partial charge in [0.05, 0.1) is 5.56 Å². The van der Waals surface area contributed by atoms with Crippen LogP contribution in [0.2, 0.25) is 0 Å². The number of rotatable bonds is 8. The first-order valence-corrected chi connectivity index (χ1v) is 14.1. The minimum Gasteiger partial charge on any atom is -0.490 e. The van der Waals surface area contributed by atoms with Crippen molar-refractivity contribution < 1.29 is 27.6 Å². The standard InChI is InChI=1S/C31H30F3N5O4/c32-31(33,34)25-7-5-24(6-8-25)23-3-1-22(2-4-23)19-36-15-17-37(18-16-36)26-9-11-27(12-10-26)42-21-28-13-14-38-20-29(39(40)41)35-30(38)43-28/h1-12,20,28H,13-19,21H2. The molecule has 9 nitrogen and oxygen atoms in total. The molecule has 2 aliphatic heterocycles. The van der Waals surface area contributed by atoms with E-state index in [1.165, 1.54) is 18.3 Å². The van der Waals surface area contributed by atoms with E-state index in [-0.39, 0.29) is 17.9 Å². The largest absolute Gasteiger partial charge is 0.490 e. The molecule has 0 aliphatic carbocycles. The molecule has 0 spiro atoms. The number of halogens is 3. The van der Waals surface area contributed by atoms with Gasteiger partial charge in [0.2, 0.25) is 0 Å². The number of anilines is 1. The molecule has 1 aromatic heterocycles. The lowest BCUT2D eigenvalue weighted by atomic mass is 10.0. The average molecular weight is 594 g/mol. The number of ether oxygens (including phenoxy) is 2. The molecule has 4 aromatic rings. The van der Waals surface area contributed by atoms with E-state index in [1.807, 2.05) is 48.5 Å². The molecule has 1 saturated heterocycles. The summed E-state index contributed by atoms with van der Waals surface area (Å²) in [5.74, 6) is 0.507. The topological polar surface area (TPSA) is 85.9 Å². The highest BCUT2D eigenvalue weighted by Crippen LogP contribution is 2.31. The number of imidazole rings is 1. The maximum absolute atomic E-state index is 12.8. The van der Waals surface area contributed by atoms with Crippen LogP contribution in [0.3, 0.4) is 0 Å². The molecule has 0 N–H and O–H groups in total. The molecule has 0 saturated carbocycles. The first-order valence-electron chi connectivity index (χ1n) is 14.1. The predicted octanol–water partition coefficient (Wildman–Crippen LogP) is 6.03. The fraction of sp³-hybridized carbons (Fsp3) is 0.323. The molecular formula is C31H30F3N5O4. The molecular weight excluding hydrogens is 563 g/mol. The molecule has 2 aliphatic rings. The zero-order valence-electron chi connectivity index (χ0n) is 23.2. The summed E-state index contributed by atoms with van der Waals surface area (Å²) in [4.78, 5) is 19.1. The van der Waals surface area contributed by atoms with Crippen LogP contribution in [0.15, 0.2) is 79.0 Å². The first kappa shape index (κ1) is 28.5. The SMILES string of the molecule is O=[N+]([O-])c1cn2c(n1)OC(COc1ccc(N3CCN(Cc4ccc(-c5ccc(C(F)(F)F)cc5)cc4)CC3)cc1)CC2. The van der Waals surface area contributed by atoms with Crippen molar-refractivity contribution in [2.75, 3.05) is 37.7 Å². The van der Waals surface area contributed by atoms with Gasteiger partial charge in [-0.25, -0.2) is 0 Å². The highest BCUT2D eigenvalue weighted by molar-refractivity contribution is 5.64. The lowest BCUT2D eigenvalue weighted by Gasteiger charge is -2.36. The van der Waals surface area contributed by atoms with Crippen LogP contribution in [0.5, 0.6) is 11.8 Å². The molecule has 224 valence electrons. The van der Waals surface area contributed by atoms with Crippen molar-refractivity contribution in [1.29, 1.82) is 0 Å². The van der Waals surface area contributed by atoms with E-state index in [2.05, 4.69) is 14.8 Å². The van der Waals surface area contributed by atoms with E-state index < -0.39 is 16.7 Å². The smallest absolute Gasteiger partial charge is 0.416 e. The summed E-state index contributed by atoms with van der Waals surface area (Å²) >= 11 is 0. The number of alkyl halides is 3. The van der Waals surface area contributed by atoms with E-state index in [9.17, 15) is 23.3 Å². The van der Waals surface area contributed by atoms with Crippen LogP contribution in [-0.4, -0.2) is 58.3 Å². The zero-order chi connectivity index (χ0) is 30.0. The fourth-order valence-electron chi connectivity index (χ4n) is 5.36. The van der Waals surface area contributed by atoms with Crippen LogP contribution in [-0.2, 0) is 19.3 Å². The Balaban J connectivity index is 0.953. The third-order valence-corrected chi connectivity index (χ3v) is 7.79. The number of fused-ring (bicyclic) bond motifs is 1. The maximum atomic E-state index is 12.8. The van der Waals surface area contributed by atoms with Gasteiger partial charge in [-0.15, -0.1) is 0 Å². The normalized spacial score (nSPS) is 17.3. The van der Waals surface area contributed by atoms with Crippen molar-refractivity contribution >= 4 is 11.5 Å². The van der Waals surface area contributed by atoms with Crippen molar-refractivity contribution in [2.24, 2.45) is 0 Å². The molecule has 0 bridgehead atoms. The minimum absolute atomic E-state index is 0.221. The third-order valence-electron chi connectivity index (χ3n) is 7.79. The Hall–Kier alpha value is -4.58. The number of aromatic nitrogens is 2. The van der Waals surface area contributed by atoms with Gasteiger partial charge in [-0.1, -0.05) is 36.4 Å². The predicted molar refractivity (Wildman–Crippen MR) is 154 cm³/mol. The van der Waals surface area contributed by atoms with Crippen molar-refractivity contribution in [3.05, 3.63) is 100 Å². The van der Waals surface area contributed by atoms with Gasteiger partial charge in [0.25, 0.3) is 0 Å². The van der Waals surface area contributed by atoms with E-state index in [0.717, 1.165) is 73.0 Å². The van der Waals surface area contributed by atoms with Gasteiger partial charge in [-0.2, -0.15) is 13.2 Å². The van der Waals surface area contributed by atoms with Gasteiger partial charge in [0.1, 0.15) is 24.7 Å². The van der Waals surface area contributed by atoms with Crippen LogP contribution in [0.25, 0.3) is 11.1 Å². The van der Waals surface area contributed by atoms with Crippen molar-refractivity contribution in [1.82, 2.24) is 14.5 Å². The van der Waals surface area contributed by atoms with Crippen LogP contribution in [0.1, 0.15) is 17.5 Å². The quantitative estimate of drug-likeness (QED) is 0.182. The molecule has 1 unspecified atom stereocenters. The Labute approximate surface area is 246 Å². The van der Waals surface area contributed by atoms with Gasteiger partial charge in [0, 0.05) is 56.4 Å². The minimum atomic E-state index is -4.33. The Morgan fingerprint density at radius 2 is 1.56 bits per heavy atom. The van der Waals surface area contributed by atoms with Crippen LogP contribution in [0, 0.1) is 10.1 Å². The van der Waals surface area contributed by atoms with Gasteiger partial charge in [-0.3, -0.25) is 9.47 Å². The van der Waals surface area contributed by atoms with Crippen LogP contribution in [0.4, 0.5) is 24.7 Å². The summed E-state index contributed by atoms with van der Waals surface area (Å²) < 4.78 is 51.9. The number of hydrogen-bond donors (Lipinski definition) is 0. The molecule has 3 aromatic carbocycles. The lowest BCUT2D eigenvalue weighted by molar-refractivity contribution is -0.389. The average Bonchev–Trinajstić information content (AvgIpc) is 3.45. The summed E-state index contributed by atoms with van der Waals surface area (Å²) in [5, 5.41) is 10.9. The fourth-order valence-corrected chi connectivity index (χ4v) is 5.36. The Morgan fingerprint density at radius 3 is 2.19 bits per heavy atom. The molecule has 43 heavy (non-hydrogen) atoms. The molecule has 1 atom stereocenters. The summed E-state index contributed by atoms with van der Waals surface area (Å²) in [7, 11) is 0. The first-order chi connectivity index (χ1) is 20.7. The number of aryl methyl sites for hydroxylation is 1. The molecule has 6 rings (SSSR count). The second-order valence-electron chi connectivity index (χ2n) is 10.7. The molecule has 0 amide bonds. The van der Waals surface area contributed by atoms with Gasteiger partial charge >= 0.3 is 18.0 Å². The van der Waals surface area contributed by atoms with E-state index in [1.54, 1.807) is 4.57 Å². The highest BCUT2D eigenvalue weighted by atomic mass is 19.4. The Morgan fingerprint density at radius 1 is 0.907 bits per heavy atom. The van der Waals surface area contributed by atoms with Gasteiger partial charge in [-0.05, 0) is 58.0 Å². The van der Waals surface area contributed by atoms with Crippen LogP contribution >= 0.6 is 0 Å². The zero-order valence-corrected chi connectivity index (χ0v) is 23.2.